The van der Waals surface area contributed by atoms with Gasteiger partial charge in [-0.15, -0.1) is 0 Å². The smallest absolute Gasteiger partial charge is 0.206 e. The fraction of sp³-hybridized carbons (Fsp3) is 0.326. The number of thioether (sulfide) groups is 1. The summed E-state index contributed by atoms with van der Waals surface area (Å²) in [6.45, 7) is 10.5. The summed E-state index contributed by atoms with van der Waals surface area (Å²) in [7, 11) is 7.05. The van der Waals surface area contributed by atoms with Crippen LogP contribution in [0.5, 0.6) is 11.5 Å². The van der Waals surface area contributed by atoms with Crippen molar-refractivity contribution in [1.82, 2.24) is 14.8 Å². The highest BCUT2D eigenvalue weighted by Crippen LogP contribution is 2.31. The Morgan fingerprint density at radius 1 is 0.806 bits per heavy atom. The molecular formula is C46H58BrF2N10O4PS3. The number of rotatable bonds is 12. The van der Waals surface area contributed by atoms with Gasteiger partial charge in [0, 0.05) is 86.2 Å². The number of hydrogen-bond acceptors (Lipinski definition) is 14. The quantitative estimate of drug-likeness (QED) is 0.0235. The number of aliphatic imine (C=N–C) groups is 1. The van der Waals surface area contributed by atoms with E-state index < -0.39 is 11.6 Å². The second-order valence-electron chi connectivity index (χ2n) is 14.9. The standard InChI is InChI=1S/C22H24FN5O2S.C15H23N5S2.C9H8BrFO2.H3P/c1-27-9-11-28(12-10-27)16-6-4-15(5-7-16)25-22-26-21(24)20(31-22)19(29)14-3-8-18(30-2)17(23)13-14;1-3-22-14(16)18-15(21)17-12-4-6-13(7-5-12)20-10-8-19(2)9-11-20;1-13-9-3-2-6(4-7(9)11)8(12)5-10;/h3-8,13H,9-12,24H2,1-2H3,(H,25,26);4-7H,3,8-11H2,1-2H3,(H3,16,17,18,21);2-4H,5H2,1H3;1H3. The Bertz CT molecular complexity index is 2440. The molecule has 6 N–H and O–H groups in total. The van der Waals surface area contributed by atoms with Gasteiger partial charge >= 0.3 is 0 Å². The van der Waals surface area contributed by atoms with Crippen LogP contribution in [-0.4, -0.2) is 128 Å². The number of anilines is 6. The number of benzene rings is 4. The molecule has 2 saturated heterocycles. The minimum absolute atomic E-state index is 0. The summed E-state index contributed by atoms with van der Waals surface area (Å²) in [5.74, 6) is -0.427. The number of alkyl halides is 1. The summed E-state index contributed by atoms with van der Waals surface area (Å²) < 4.78 is 36.6. The van der Waals surface area contributed by atoms with Crippen molar-refractivity contribution in [3.8, 4) is 11.5 Å². The molecular weight excluding hydrogens is 1000 g/mol. The number of nitrogens with two attached hydrogens (primary N) is 2. The van der Waals surface area contributed by atoms with E-state index in [1.807, 2.05) is 31.2 Å². The van der Waals surface area contributed by atoms with Crippen LogP contribution in [0.25, 0.3) is 0 Å². The molecule has 5 aromatic rings. The average molecular weight is 1060 g/mol. The van der Waals surface area contributed by atoms with E-state index in [0.29, 0.717) is 21.0 Å². The monoisotopic (exact) mass is 1060 g/mol. The van der Waals surface area contributed by atoms with E-state index in [1.54, 1.807) is 0 Å². The molecule has 1 unspecified atom stereocenters. The number of carbonyl (C=O) groups is 2. The van der Waals surface area contributed by atoms with E-state index in [-0.39, 0.29) is 54.6 Å². The maximum Gasteiger partial charge on any atom is 0.206 e. The highest BCUT2D eigenvalue weighted by Gasteiger charge is 2.21. The highest BCUT2D eigenvalue weighted by atomic mass is 79.9. The van der Waals surface area contributed by atoms with Gasteiger partial charge in [0.1, 0.15) is 10.7 Å². The number of amidine groups is 1. The summed E-state index contributed by atoms with van der Waals surface area (Å²) in [4.78, 5) is 42.0. The Morgan fingerprint density at radius 3 is 1.75 bits per heavy atom. The first-order chi connectivity index (χ1) is 31.7. The number of nitrogens with zero attached hydrogens (tertiary/aromatic N) is 6. The molecule has 0 bridgehead atoms. The zero-order valence-corrected chi connectivity index (χ0v) is 43.6. The molecule has 2 aliphatic rings. The van der Waals surface area contributed by atoms with Gasteiger partial charge in [0.05, 0.1) is 19.5 Å². The Balaban J connectivity index is 0.000000237. The van der Waals surface area contributed by atoms with Crippen molar-refractivity contribution in [3.63, 3.8) is 0 Å². The molecule has 0 spiro atoms. The second-order valence-corrected chi connectivity index (χ2v) is 18.2. The number of halogens is 3. The van der Waals surface area contributed by atoms with Crippen molar-refractivity contribution in [2.45, 2.75) is 6.92 Å². The van der Waals surface area contributed by atoms with Gasteiger partial charge in [-0.3, -0.25) is 9.59 Å². The number of thiocarbonyl (C=S) groups is 1. The summed E-state index contributed by atoms with van der Waals surface area (Å²) in [5, 5.41) is 7.87. The Morgan fingerprint density at radius 2 is 1.28 bits per heavy atom. The minimum Gasteiger partial charge on any atom is -0.494 e. The molecule has 21 heteroatoms. The number of Topliss-reactive ketones (excluding diaryl/α,β-unsaturated/α-hetero) is 1. The van der Waals surface area contributed by atoms with Crippen LogP contribution in [0.1, 0.15) is 32.5 Å². The molecule has 67 heavy (non-hydrogen) atoms. The van der Waals surface area contributed by atoms with E-state index in [2.05, 4.69) is 94.5 Å². The number of ketones is 2. The predicted octanol–water partition coefficient (Wildman–Crippen LogP) is 8.27. The number of carbonyl (C=O) groups excluding carboxylic acids is 2. The summed E-state index contributed by atoms with van der Waals surface area (Å²) in [6, 6.07) is 24.6. The molecule has 1 aromatic heterocycles. The molecule has 360 valence electrons. The lowest BCUT2D eigenvalue weighted by Gasteiger charge is -2.34. The first kappa shape index (κ1) is 54.7. The molecule has 14 nitrogen and oxygen atoms in total. The number of piperazine rings is 2. The van der Waals surface area contributed by atoms with Crippen LogP contribution < -0.4 is 41.4 Å². The zero-order chi connectivity index (χ0) is 47.8. The third kappa shape index (κ3) is 16.4. The number of ether oxygens (including phenoxy) is 2. The normalized spacial score (nSPS) is 14.1. The van der Waals surface area contributed by atoms with Gasteiger partial charge in [0.25, 0.3) is 0 Å². The van der Waals surface area contributed by atoms with Crippen molar-refractivity contribution in [3.05, 3.63) is 113 Å². The SMILES string of the molecule is CCSC(N)=NC(=S)Nc1ccc(N2CCN(C)CC2)cc1.COc1ccc(C(=O)CBr)cc1F.COc1ccc(C(=O)c2sc(Nc3ccc(N4CCN(C)CC4)cc3)nc2N)cc1F.P. The summed E-state index contributed by atoms with van der Waals surface area (Å²) in [5.41, 5.74) is 16.5. The largest absolute Gasteiger partial charge is 0.494 e. The number of thiazole rings is 1. The first-order valence-electron chi connectivity index (χ1n) is 20.9. The maximum atomic E-state index is 14.0. The first-order valence-corrected chi connectivity index (χ1v) is 24.2. The van der Waals surface area contributed by atoms with Crippen molar-refractivity contribution in [1.29, 1.82) is 0 Å². The maximum absolute atomic E-state index is 14.0. The van der Waals surface area contributed by atoms with Crippen molar-refractivity contribution in [2.24, 2.45) is 10.7 Å². The molecule has 7 rings (SSSR count). The van der Waals surface area contributed by atoms with E-state index in [0.717, 1.165) is 86.9 Å². The zero-order valence-electron chi connectivity index (χ0n) is 38.2. The highest BCUT2D eigenvalue weighted by molar-refractivity contribution is 9.09. The van der Waals surface area contributed by atoms with Crippen LogP contribution in [0.2, 0.25) is 0 Å². The van der Waals surface area contributed by atoms with Gasteiger partial charge in [0.2, 0.25) is 5.78 Å². The van der Waals surface area contributed by atoms with Gasteiger partial charge in [0.15, 0.2) is 44.3 Å². The van der Waals surface area contributed by atoms with Gasteiger partial charge in [-0.05, 0) is 117 Å². The van der Waals surface area contributed by atoms with Gasteiger partial charge in [-0.25, -0.2) is 13.8 Å². The van der Waals surface area contributed by atoms with Gasteiger partial charge < -0.3 is 51.2 Å². The molecule has 3 heterocycles. The van der Waals surface area contributed by atoms with Crippen LogP contribution >= 0.6 is 61.1 Å². The van der Waals surface area contributed by atoms with Crippen LogP contribution in [0.4, 0.5) is 42.5 Å². The second kappa shape index (κ2) is 27.1. The van der Waals surface area contributed by atoms with Gasteiger partial charge in [-0.2, -0.15) is 14.9 Å². The molecule has 2 aliphatic heterocycles. The third-order valence-electron chi connectivity index (χ3n) is 10.3. The number of nitrogens with one attached hydrogen (secondary N) is 2. The topological polar surface area (TPSA) is 167 Å². The lowest BCUT2D eigenvalue weighted by atomic mass is 10.1. The Labute approximate surface area is 416 Å². The molecule has 1 atom stereocenters. The van der Waals surface area contributed by atoms with Crippen LogP contribution in [0.15, 0.2) is 89.9 Å². The average Bonchev–Trinajstić information content (AvgIpc) is 3.68. The Hall–Kier alpha value is -4.95. The number of nitrogen functional groups attached to an aromatic ring is 1. The number of aromatic nitrogens is 1. The predicted molar refractivity (Wildman–Crippen MR) is 287 cm³/mol. The van der Waals surface area contributed by atoms with E-state index in [1.165, 1.54) is 67.7 Å². The molecule has 2 fully saturated rings. The molecule has 0 amide bonds. The molecule has 4 aromatic carbocycles. The number of methoxy groups -OCH3 is 2. The Kier molecular flexibility index (Phi) is 22.1. The third-order valence-corrected chi connectivity index (χ3v) is 12.7. The minimum atomic E-state index is -0.602. The van der Waals surface area contributed by atoms with Crippen LogP contribution in [-0.2, 0) is 0 Å². The lowest BCUT2D eigenvalue weighted by molar-refractivity contribution is 0.102. The number of likely N-dealkylation sites (N-methyl/N-ethyl adjacent to an activating group) is 2. The van der Waals surface area contributed by atoms with E-state index in [4.69, 9.17) is 33.2 Å². The fourth-order valence-electron chi connectivity index (χ4n) is 6.60. The van der Waals surface area contributed by atoms with Crippen molar-refractivity contribution < 1.29 is 27.8 Å². The summed E-state index contributed by atoms with van der Waals surface area (Å²) >= 11 is 10.8. The fourth-order valence-corrected chi connectivity index (χ4v) is 8.52. The van der Waals surface area contributed by atoms with Crippen molar-refractivity contribution in [2.75, 3.05) is 118 Å². The van der Waals surface area contributed by atoms with Crippen LogP contribution in [0, 0.1) is 11.6 Å². The van der Waals surface area contributed by atoms with Crippen LogP contribution in [0.3, 0.4) is 0 Å². The van der Waals surface area contributed by atoms with Crippen molar-refractivity contribution >= 4 is 117 Å². The molecule has 0 saturated carbocycles. The van der Waals surface area contributed by atoms with E-state index >= 15 is 0 Å². The number of hydrogen-bond donors (Lipinski definition) is 4. The van der Waals surface area contributed by atoms with E-state index in [9.17, 15) is 18.4 Å². The molecule has 0 aliphatic carbocycles. The van der Waals surface area contributed by atoms with Gasteiger partial charge in [-0.1, -0.05) is 46.0 Å². The molecule has 0 radical (unpaired) electrons. The summed E-state index contributed by atoms with van der Waals surface area (Å²) in [6.07, 6.45) is 0. The lowest BCUT2D eigenvalue weighted by Crippen LogP contribution is -2.44.